The third-order valence-corrected chi connectivity index (χ3v) is 0.421. The number of carbonyl (C=O) groups is 2. The number of nitrogens with one attached hydrogen (secondary N) is 1. The first-order valence-corrected chi connectivity index (χ1v) is 1.63. The van der Waals surface area contributed by atoms with Crippen molar-refractivity contribution in [1.82, 2.24) is 5.32 Å². The van der Waals surface area contributed by atoms with Crippen molar-refractivity contribution >= 4 is 11.9 Å². The molecule has 0 heterocycles. The van der Waals surface area contributed by atoms with Gasteiger partial charge in [0.05, 0.1) is 0 Å². The molecule has 2 N–H and O–H groups in total. The summed E-state index contributed by atoms with van der Waals surface area (Å²) in [5.74, 6) is -2.44. The van der Waals surface area contributed by atoms with Crippen LogP contribution in [0.3, 0.4) is 0 Å². The van der Waals surface area contributed by atoms with Gasteiger partial charge in [0.1, 0.15) is 0 Å². The lowest BCUT2D eigenvalue weighted by Crippen LogP contribution is -2.26. The molecule has 0 rings (SSSR count). The minimum absolute atomic E-state index is 0.986. The summed E-state index contributed by atoms with van der Waals surface area (Å²) in [5, 5.41) is 9.70. The lowest BCUT2D eigenvalue weighted by Gasteiger charge is -1.85. The Bertz CT molecular complexity index is 98.4. The second-order valence-electron chi connectivity index (χ2n) is 0.884. The molecule has 0 saturated heterocycles. The van der Waals surface area contributed by atoms with E-state index in [9.17, 15) is 9.59 Å². The Balaban J connectivity index is 3.58. The number of likely N-dealkylation sites (N-methyl/N-ethyl adjacent to an activating group) is 1. The topological polar surface area (TPSA) is 66.4 Å². The van der Waals surface area contributed by atoms with E-state index >= 15 is 0 Å². The summed E-state index contributed by atoms with van der Waals surface area (Å²) in [4.78, 5) is 19.3. The molecule has 0 aliphatic rings. The molecule has 0 radical (unpaired) electrons. The normalized spacial score (nSPS) is 7.57. The largest absolute Gasteiger partial charge is 0.474 e. The number of carbonyl (C=O) groups excluding carboxylic acids is 1. The third-order valence-electron chi connectivity index (χ3n) is 0.421. The Hall–Kier alpha value is -1.06. The molecule has 0 aliphatic heterocycles. The van der Waals surface area contributed by atoms with Crippen LogP contribution in [0.4, 0.5) is 0 Å². The molecule has 0 saturated carbocycles. The van der Waals surface area contributed by atoms with Crippen LogP contribution in [0.15, 0.2) is 0 Å². The summed E-state index contributed by atoms with van der Waals surface area (Å²) in [6.45, 7) is 0. The van der Waals surface area contributed by atoms with Crippen LogP contribution in [0.2, 0.25) is 0 Å². The Labute approximate surface area is 40.1 Å². The minimum Gasteiger partial charge on any atom is -0.474 e. The Morgan fingerprint density at radius 3 is 2.00 bits per heavy atom. The lowest BCUT2D eigenvalue weighted by atomic mass is 10.6. The fourth-order valence-electron chi connectivity index (χ4n) is 0.107. The van der Waals surface area contributed by atoms with Crippen LogP contribution in [-0.2, 0) is 9.59 Å². The van der Waals surface area contributed by atoms with Gasteiger partial charge in [-0.2, -0.15) is 0 Å². The molecule has 0 aliphatic carbocycles. The SMILES string of the molecule is CNC(=O)C(=O)O. The van der Waals surface area contributed by atoms with Crippen LogP contribution >= 0.6 is 0 Å². The number of amides is 1. The molecule has 0 aromatic heterocycles. The van der Waals surface area contributed by atoms with Crippen molar-refractivity contribution in [2.75, 3.05) is 7.05 Å². The molecular formula is C3H5NO3. The van der Waals surface area contributed by atoms with Crippen LogP contribution in [0, 0.1) is 0 Å². The van der Waals surface area contributed by atoms with Crippen LogP contribution in [0.1, 0.15) is 0 Å². The zero-order chi connectivity index (χ0) is 5.86. The zero-order valence-corrected chi connectivity index (χ0v) is 3.76. The second kappa shape index (κ2) is 2.17. The molecule has 0 spiro atoms. The number of aliphatic carboxylic acids is 1. The van der Waals surface area contributed by atoms with Gasteiger partial charge in [0.15, 0.2) is 0 Å². The molecule has 0 fully saturated rings. The van der Waals surface area contributed by atoms with Gasteiger partial charge in [-0.05, 0) is 0 Å². The molecule has 1 amide bonds. The maximum atomic E-state index is 9.80. The molecule has 0 aromatic carbocycles. The predicted molar refractivity (Wildman–Crippen MR) is 21.7 cm³/mol. The van der Waals surface area contributed by atoms with Gasteiger partial charge in [-0.25, -0.2) is 4.79 Å². The first kappa shape index (κ1) is 5.94. The molecule has 0 bridgehead atoms. The third kappa shape index (κ3) is 1.75. The van der Waals surface area contributed by atoms with E-state index in [2.05, 4.69) is 0 Å². The van der Waals surface area contributed by atoms with Crippen LogP contribution in [-0.4, -0.2) is 24.0 Å². The molecule has 7 heavy (non-hydrogen) atoms. The van der Waals surface area contributed by atoms with Crippen LogP contribution in [0.25, 0.3) is 0 Å². The van der Waals surface area contributed by atoms with E-state index in [0.29, 0.717) is 0 Å². The molecule has 0 unspecified atom stereocenters. The van der Waals surface area contributed by atoms with Crippen LogP contribution < -0.4 is 5.32 Å². The highest BCUT2D eigenvalue weighted by atomic mass is 16.4. The van der Waals surface area contributed by atoms with E-state index in [1.54, 1.807) is 0 Å². The van der Waals surface area contributed by atoms with Gasteiger partial charge < -0.3 is 10.4 Å². The molecule has 40 valence electrons. The van der Waals surface area contributed by atoms with Crippen molar-refractivity contribution < 1.29 is 14.7 Å². The summed E-state index contributed by atoms with van der Waals surface area (Å²) >= 11 is 0. The van der Waals surface area contributed by atoms with Gasteiger partial charge in [0, 0.05) is 7.05 Å². The molecule has 4 heteroatoms. The molecule has 0 atom stereocenters. The molecular weight excluding hydrogens is 98.0 g/mol. The quantitative estimate of drug-likeness (QED) is 0.379. The van der Waals surface area contributed by atoms with Crippen LogP contribution in [0.5, 0.6) is 0 Å². The smallest absolute Gasteiger partial charge is 0.394 e. The fraction of sp³-hybridized carbons (Fsp3) is 0.333. The van der Waals surface area contributed by atoms with Crippen molar-refractivity contribution in [1.29, 1.82) is 0 Å². The predicted octanol–water partition coefficient (Wildman–Crippen LogP) is -1.18. The average Bonchev–Trinajstić information content (AvgIpc) is 1.65. The minimum atomic E-state index is -1.46. The summed E-state index contributed by atoms with van der Waals surface area (Å²) < 4.78 is 0. The number of hydrogen-bond acceptors (Lipinski definition) is 2. The highest BCUT2D eigenvalue weighted by Crippen LogP contribution is 1.57. The van der Waals surface area contributed by atoms with Gasteiger partial charge in [0.25, 0.3) is 0 Å². The van der Waals surface area contributed by atoms with E-state index in [4.69, 9.17) is 5.11 Å². The van der Waals surface area contributed by atoms with Gasteiger partial charge >= 0.3 is 11.9 Å². The first-order chi connectivity index (χ1) is 3.18. The highest BCUT2D eigenvalue weighted by molar-refractivity contribution is 6.31. The van der Waals surface area contributed by atoms with Gasteiger partial charge in [0.2, 0.25) is 0 Å². The van der Waals surface area contributed by atoms with E-state index in [1.165, 1.54) is 7.05 Å². The van der Waals surface area contributed by atoms with Gasteiger partial charge in [-0.15, -0.1) is 0 Å². The van der Waals surface area contributed by atoms with E-state index < -0.39 is 11.9 Å². The number of rotatable bonds is 0. The van der Waals surface area contributed by atoms with Gasteiger partial charge in [-0.1, -0.05) is 0 Å². The van der Waals surface area contributed by atoms with Gasteiger partial charge in [-0.3, -0.25) is 4.79 Å². The standard InChI is InChI=1S/C3H5NO3/c1-4-2(5)3(6)7/h1H3,(H,4,5)(H,6,7). The van der Waals surface area contributed by atoms with E-state index in [-0.39, 0.29) is 0 Å². The zero-order valence-electron chi connectivity index (χ0n) is 3.76. The van der Waals surface area contributed by atoms with E-state index in [0.717, 1.165) is 0 Å². The maximum absolute atomic E-state index is 9.80. The summed E-state index contributed by atoms with van der Waals surface area (Å²) in [7, 11) is 1.26. The van der Waals surface area contributed by atoms with Crippen molar-refractivity contribution in [3.63, 3.8) is 0 Å². The van der Waals surface area contributed by atoms with Crippen molar-refractivity contribution in [3.8, 4) is 0 Å². The molecule has 0 aromatic rings. The summed E-state index contributed by atoms with van der Waals surface area (Å²) in [6, 6.07) is 0. The number of carboxylic acids is 1. The Morgan fingerprint density at radius 2 is 2.00 bits per heavy atom. The fourth-order valence-corrected chi connectivity index (χ4v) is 0.107. The van der Waals surface area contributed by atoms with Crippen molar-refractivity contribution in [2.24, 2.45) is 0 Å². The second-order valence-corrected chi connectivity index (χ2v) is 0.884. The first-order valence-electron chi connectivity index (χ1n) is 1.63. The average molecular weight is 103 g/mol. The van der Waals surface area contributed by atoms with E-state index in [1.807, 2.05) is 5.32 Å². The maximum Gasteiger partial charge on any atom is 0.394 e. The summed E-state index contributed by atoms with van der Waals surface area (Å²) in [5.41, 5.74) is 0. The van der Waals surface area contributed by atoms with Crippen molar-refractivity contribution in [2.45, 2.75) is 0 Å². The lowest BCUT2D eigenvalue weighted by molar-refractivity contribution is -0.149. The summed E-state index contributed by atoms with van der Waals surface area (Å²) in [6.07, 6.45) is 0. The monoisotopic (exact) mass is 103 g/mol. The van der Waals surface area contributed by atoms with Crippen molar-refractivity contribution in [3.05, 3.63) is 0 Å². The Morgan fingerprint density at radius 1 is 1.57 bits per heavy atom. The Kier molecular flexibility index (Phi) is 1.84. The molecule has 4 nitrogen and oxygen atoms in total. The highest BCUT2D eigenvalue weighted by Gasteiger charge is 2.04. The number of carboxylic acid groups (broad SMARTS) is 1. The number of hydrogen-bond donors (Lipinski definition) is 2.